The smallest absolute Gasteiger partial charge is 0.411 e. The van der Waals surface area contributed by atoms with Crippen molar-refractivity contribution in [3.63, 3.8) is 0 Å². The maximum atomic E-state index is 10.6. The monoisotopic (exact) mass is 181 g/mol. The lowest BCUT2D eigenvalue weighted by atomic mass is 10.2. The Morgan fingerprint density at radius 3 is 3.25 bits per heavy atom. The summed E-state index contributed by atoms with van der Waals surface area (Å²) in [6.45, 7) is 0.485. The highest BCUT2D eigenvalue weighted by Gasteiger charge is 2.15. The van der Waals surface area contributed by atoms with Gasteiger partial charge >= 0.3 is 6.09 Å². The van der Waals surface area contributed by atoms with Gasteiger partial charge in [0.15, 0.2) is 0 Å². The highest BCUT2D eigenvalue weighted by Crippen LogP contribution is 2.24. The molecular weight excluding hydrogens is 174 g/mol. The van der Waals surface area contributed by atoms with Gasteiger partial charge in [-0.05, 0) is 23.1 Å². The van der Waals surface area contributed by atoms with Crippen molar-refractivity contribution in [2.45, 2.75) is 6.54 Å². The minimum absolute atomic E-state index is 0.485. The third-order valence-corrected chi connectivity index (χ3v) is 2.70. The lowest BCUT2D eigenvalue weighted by molar-refractivity contribution is 0.161. The van der Waals surface area contributed by atoms with E-state index in [1.54, 1.807) is 17.5 Å². The molecule has 4 heteroatoms. The van der Waals surface area contributed by atoms with Crippen molar-refractivity contribution in [2.75, 3.05) is 0 Å². The van der Waals surface area contributed by atoms with Crippen LogP contribution >= 0.6 is 11.3 Å². The Kier molecular flexibility index (Phi) is 1.62. The number of carboxylic acid groups (broad SMARTS) is 1. The van der Waals surface area contributed by atoms with Crippen LogP contribution in [0.2, 0.25) is 0 Å². The molecular formula is C8H7NO2S. The number of amides is 1. The first-order chi connectivity index (χ1) is 5.77. The Morgan fingerprint density at radius 1 is 1.67 bits per heavy atom. The van der Waals surface area contributed by atoms with E-state index in [4.69, 9.17) is 5.11 Å². The van der Waals surface area contributed by atoms with Crippen LogP contribution in [0.3, 0.4) is 0 Å². The predicted octanol–water partition coefficient (Wildman–Crippen LogP) is 2.21. The molecule has 12 heavy (non-hydrogen) atoms. The zero-order valence-corrected chi connectivity index (χ0v) is 7.04. The van der Waals surface area contributed by atoms with Crippen LogP contribution in [0.15, 0.2) is 17.6 Å². The van der Waals surface area contributed by atoms with Gasteiger partial charge in [0.25, 0.3) is 0 Å². The second-order valence-electron chi connectivity index (χ2n) is 2.53. The molecule has 0 atom stereocenters. The van der Waals surface area contributed by atoms with Gasteiger partial charge in [-0.1, -0.05) is 0 Å². The third kappa shape index (κ3) is 1.10. The van der Waals surface area contributed by atoms with E-state index in [9.17, 15) is 4.79 Å². The largest absolute Gasteiger partial charge is 0.465 e. The molecule has 0 aliphatic carbocycles. The van der Waals surface area contributed by atoms with Crippen LogP contribution in [-0.4, -0.2) is 16.1 Å². The molecule has 1 aromatic heterocycles. The van der Waals surface area contributed by atoms with E-state index in [0.29, 0.717) is 6.54 Å². The summed E-state index contributed by atoms with van der Waals surface area (Å²) in [6, 6.07) is 2.00. The Labute approximate surface area is 73.6 Å². The fraction of sp³-hybridized carbons (Fsp3) is 0.125. The zero-order valence-electron chi connectivity index (χ0n) is 6.23. The van der Waals surface area contributed by atoms with Crippen molar-refractivity contribution in [3.8, 4) is 0 Å². The summed E-state index contributed by atoms with van der Waals surface area (Å²) in [5.41, 5.74) is 1.14. The molecule has 1 N–H and O–H groups in total. The summed E-state index contributed by atoms with van der Waals surface area (Å²) in [5, 5.41) is 10.7. The second-order valence-corrected chi connectivity index (χ2v) is 3.53. The van der Waals surface area contributed by atoms with Crippen LogP contribution in [0.25, 0.3) is 6.08 Å². The highest BCUT2D eigenvalue weighted by molar-refractivity contribution is 7.10. The molecule has 3 nitrogen and oxygen atoms in total. The Hall–Kier alpha value is -1.29. The molecule has 1 aromatic rings. The quantitative estimate of drug-likeness (QED) is 0.666. The number of thiophene rings is 1. The summed E-state index contributed by atoms with van der Waals surface area (Å²) < 4.78 is 0. The Balaban J connectivity index is 2.30. The predicted molar refractivity (Wildman–Crippen MR) is 46.9 cm³/mol. The summed E-state index contributed by atoms with van der Waals surface area (Å²) >= 11 is 1.59. The van der Waals surface area contributed by atoms with Gasteiger partial charge in [0.1, 0.15) is 0 Å². The lowest BCUT2D eigenvalue weighted by Gasteiger charge is -2.17. The molecule has 0 radical (unpaired) electrons. The molecule has 0 aromatic carbocycles. The van der Waals surface area contributed by atoms with Gasteiger partial charge in [0.2, 0.25) is 0 Å². The molecule has 0 saturated heterocycles. The minimum Gasteiger partial charge on any atom is -0.465 e. The van der Waals surface area contributed by atoms with E-state index in [1.807, 2.05) is 17.5 Å². The average molecular weight is 181 g/mol. The maximum absolute atomic E-state index is 10.6. The van der Waals surface area contributed by atoms with Crippen molar-refractivity contribution >= 4 is 23.5 Å². The molecule has 0 unspecified atom stereocenters. The average Bonchev–Trinajstić information content (AvgIpc) is 2.49. The number of hydrogen-bond donors (Lipinski definition) is 1. The molecule has 0 bridgehead atoms. The Bertz CT molecular complexity index is 343. The zero-order chi connectivity index (χ0) is 8.55. The van der Waals surface area contributed by atoms with E-state index in [0.717, 1.165) is 10.4 Å². The summed E-state index contributed by atoms with van der Waals surface area (Å²) in [6.07, 6.45) is 2.52. The molecule has 0 saturated carbocycles. The normalized spacial score (nSPS) is 14.5. The number of carbonyl (C=O) groups is 1. The molecule has 0 spiro atoms. The van der Waals surface area contributed by atoms with Gasteiger partial charge in [-0.3, -0.25) is 4.90 Å². The Morgan fingerprint density at radius 2 is 2.50 bits per heavy atom. The van der Waals surface area contributed by atoms with Crippen LogP contribution in [0.5, 0.6) is 0 Å². The van der Waals surface area contributed by atoms with E-state index < -0.39 is 6.09 Å². The number of rotatable bonds is 0. The van der Waals surface area contributed by atoms with Crippen molar-refractivity contribution in [3.05, 3.63) is 28.1 Å². The van der Waals surface area contributed by atoms with Gasteiger partial charge in [0, 0.05) is 11.1 Å². The first-order valence-corrected chi connectivity index (χ1v) is 4.39. The first-order valence-electron chi connectivity index (χ1n) is 3.51. The maximum Gasteiger partial charge on any atom is 0.411 e. The van der Waals surface area contributed by atoms with E-state index in [-0.39, 0.29) is 0 Å². The van der Waals surface area contributed by atoms with E-state index in [1.165, 1.54) is 4.90 Å². The van der Waals surface area contributed by atoms with Crippen LogP contribution in [0.1, 0.15) is 10.4 Å². The second kappa shape index (κ2) is 2.64. The van der Waals surface area contributed by atoms with Crippen LogP contribution < -0.4 is 0 Å². The van der Waals surface area contributed by atoms with Gasteiger partial charge in [-0.15, -0.1) is 11.3 Å². The van der Waals surface area contributed by atoms with Gasteiger partial charge in [-0.25, -0.2) is 4.79 Å². The van der Waals surface area contributed by atoms with Gasteiger partial charge in [-0.2, -0.15) is 0 Å². The molecule has 62 valence electrons. The lowest BCUT2D eigenvalue weighted by Crippen LogP contribution is -2.24. The molecule has 1 aliphatic rings. The summed E-state index contributed by atoms with van der Waals surface area (Å²) in [7, 11) is 0. The third-order valence-electron chi connectivity index (χ3n) is 1.77. The number of nitrogens with zero attached hydrogens (tertiary/aromatic N) is 1. The van der Waals surface area contributed by atoms with Crippen LogP contribution in [0.4, 0.5) is 4.79 Å². The summed E-state index contributed by atoms with van der Waals surface area (Å²) in [5.74, 6) is 0. The van der Waals surface area contributed by atoms with Crippen LogP contribution in [-0.2, 0) is 6.54 Å². The fourth-order valence-electron chi connectivity index (χ4n) is 1.14. The first kappa shape index (κ1) is 7.36. The molecule has 1 aliphatic heterocycles. The van der Waals surface area contributed by atoms with Crippen molar-refractivity contribution in [2.24, 2.45) is 0 Å². The SMILES string of the molecule is O=C(O)N1C=Cc2ccsc2C1. The number of hydrogen-bond acceptors (Lipinski definition) is 2. The topological polar surface area (TPSA) is 40.5 Å². The molecule has 2 rings (SSSR count). The molecule has 1 amide bonds. The molecule has 2 heterocycles. The standard InChI is InChI=1S/C8H7NO2S/c10-8(11)9-3-1-6-2-4-12-7(6)5-9/h1-4H,5H2,(H,10,11). The highest BCUT2D eigenvalue weighted by atomic mass is 32.1. The van der Waals surface area contributed by atoms with Gasteiger partial charge < -0.3 is 5.11 Å². The van der Waals surface area contributed by atoms with E-state index >= 15 is 0 Å². The number of fused-ring (bicyclic) bond motifs is 1. The summed E-state index contributed by atoms with van der Waals surface area (Å²) in [4.78, 5) is 13.0. The molecule has 0 fully saturated rings. The van der Waals surface area contributed by atoms with Crippen LogP contribution in [0, 0.1) is 0 Å². The van der Waals surface area contributed by atoms with Crippen molar-refractivity contribution in [1.29, 1.82) is 0 Å². The fourth-order valence-corrected chi connectivity index (χ4v) is 2.00. The van der Waals surface area contributed by atoms with E-state index in [2.05, 4.69) is 0 Å². The van der Waals surface area contributed by atoms with Gasteiger partial charge in [0.05, 0.1) is 6.54 Å². The minimum atomic E-state index is -0.898. The van der Waals surface area contributed by atoms with Crippen molar-refractivity contribution in [1.82, 2.24) is 4.90 Å². The van der Waals surface area contributed by atoms with Crippen molar-refractivity contribution < 1.29 is 9.90 Å².